The summed E-state index contributed by atoms with van der Waals surface area (Å²) in [5, 5.41) is 12.7. The molecule has 3 saturated carbocycles. The molecule has 1 amide bonds. The van der Waals surface area contributed by atoms with Crippen molar-refractivity contribution in [2.75, 3.05) is 5.73 Å². The number of benzene rings is 1. The van der Waals surface area contributed by atoms with Crippen LogP contribution >= 0.6 is 0 Å². The number of nitrogen functional groups attached to an aromatic ring is 1. The smallest absolute Gasteiger partial charge is 0.251 e. The number of hydrogen-bond donors (Lipinski definition) is 3. The van der Waals surface area contributed by atoms with Crippen molar-refractivity contribution >= 4 is 11.6 Å². The molecule has 3 fully saturated rings. The summed E-state index contributed by atoms with van der Waals surface area (Å²) in [5.41, 5.74) is 6.33. The zero-order chi connectivity index (χ0) is 13.1. The van der Waals surface area contributed by atoms with Crippen LogP contribution in [-0.2, 0) is 0 Å². The first-order chi connectivity index (χ1) is 9.15. The van der Waals surface area contributed by atoms with Crippen LogP contribution in [-0.4, -0.2) is 17.1 Å². The lowest BCUT2D eigenvalue weighted by molar-refractivity contribution is 0.0944. The molecule has 0 saturated heterocycles. The third-order valence-electron chi connectivity index (χ3n) is 5.33. The fraction of sp³-hybridized carbons (Fsp3) is 0.533. The van der Waals surface area contributed by atoms with Gasteiger partial charge in [-0.2, -0.15) is 0 Å². The highest BCUT2D eigenvalue weighted by Gasteiger charge is 2.65. The molecule has 4 N–H and O–H groups in total. The number of phenolic OH excluding ortho intramolecular Hbond substituents is 1. The van der Waals surface area contributed by atoms with Gasteiger partial charge >= 0.3 is 0 Å². The van der Waals surface area contributed by atoms with E-state index in [0.29, 0.717) is 17.3 Å². The summed E-state index contributed by atoms with van der Waals surface area (Å²) in [6, 6.07) is 5.05. The number of rotatable bonds is 2. The van der Waals surface area contributed by atoms with Crippen molar-refractivity contribution in [1.29, 1.82) is 0 Å². The van der Waals surface area contributed by atoms with Crippen molar-refractivity contribution in [1.82, 2.24) is 5.32 Å². The van der Waals surface area contributed by atoms with E-state index < -0.39 is 0 Å². The van der Waals surface area contributed by atoms with Crippen molar-refractivity contribution in [3.05, 3.63) is 23.8 Å². The minimum atomic E-state index is -0.0888. The van der Waals surface area contributed by atoms with Crippen LogP contribution in [0.5, 0.6) is 5.75 Å². The summed E-state index contributed by atoms with van der Waals surface area (Å²) in [5.74, 6) is 3.04. The summed E-state index contributed by atoms with van der Waals surface area (Å²) in [7, 11) is 0. The Morgan fingerprint density at radius 1 is 1.26 bits per heavy atom. The van der Waals surface area contributed by atoms with Gasteiger partial charge in [-0.05, 0) is 61.1 Å². The predicted octanol–water partition coefficient (Wildman–Crippen LogP) is 1.75. The number of phenols is 1. The molecule has 0 aliphatic heterocycles. The second kappa shape index (κ2) is 3.65. The van der Waals surface area contributed by atoms with Crippen LogP contribution in [0, 0.1) is 23.7 Å². The van der Waals surface area contributed by atoms with Crippen molar-refractivity contribution in [3.63, 3.8) is 0 Å². The topological polar surface area (TPSA) is 75.4 Å². The average Bonchev–Trinajstić information content (AvgIpc) is 2.81. The molecule has 100 valence electrons. The van der Waals surface area contributed by atoms with Gasteiger partial charge in [0.25, 0.3) is 5.91 Å². The quantitative estimate of drug-likeness (QED) is 0.559. The first-order valence-electron chi connectivity index (χ1n) is 7.04. The van der Waals surface area contributed by atoms with E-state index in [2.05, 4.69) is 5.32 Å². The van der Waals surface area contributed by atoms with E-state index in [1.807, 2.05) is 0 Å². The van der Waals surface area contributed by atoms with Crippen LogP contribution in [0.4, 0.5) is 5.69 Å². The molecule has 4 atom stereocenters. The van der Waals surface area contributed by atoms with E-state index in [-0.39, 0.29) is 11.7 Å². The molecule has 4 heteroatoms. The summed E-state index contributed by atoms with van der Waals surface area (Å²) < 4.78 is 0. The fourth-order valence-corrected chi connectivity index (χ4v) is 4.44. The van der Waals surface area contributed by atoms with Crippen molar-refractivity contribution < 1.29 is 9.90 Å². The van der Waals surface area contributed by atoms with Crippen molar-refractivity contribution in [2.24, 2.45) is 23.7 Å². The highest BCUT2D eigenvalue weighted by Crippen LogP contribution is 2.65. The van der Waals surface area contributed by atoms with Gasteiger partial charge in [-0.3, -0.25) is 4.79 Å². The van der Waals surface area contributed by atoms with Crippen LogP contribution in [0.15, 0.2) is 18.2 Å². The molecule has 4 nitrogen and oxygen atoms in total. The Hall–Kier alpha value is -1.71. The standard InChI is InChI=1S/C15H18N2O2/c16-10-4-3-9(6-11(10)18)15(19)17-14-12-7-1-2-8(5-7)13(12)14/h3-4,6-8,12-14,18H,1-2,5,16H2,(H,17,19). The Morgan fingerprint density at radius 3 is 2.58 bits per heavy atom. The lowest BCUT2D eigenvalue weighted by atomic mass is 10.0. The van der Waals surface area contributed by atoms with Gasteiger partial charge in [0.2, 0.25) is 0 Å². The number of nitrogens with two attached hydrogens (primary N) is 1. The maximum atomic E-state index is 12.2. The van der Waals surface area contributed by atoms with Gasteiger partial charge in [-0.25, -0.2) is 0 Å². The van der Waals surface area contributed by atoms with Crippen LogP contribution in [0.2, 0.25) is 0 Å². The maximum Gasteiger partial charge on any atom is 0.251 e. The lowest BCUT2D eigenvalue weighted by Crippen LogP contribution is -2.29. The monoisotopic (exact) mass is 258 g/mol. The summed E-state index contributed by atoms with van der Waals surface area (Å²) in [6.07, 6.45) is 4.08. The Morgan fingerprint density at radius 2 is 1.95 bits per heavy atom. The van der Waals surface area contributed by atoms with E-state index in [4.69, 9.17) is 5.73 Å². The predicted molar refractivity (Wildman–Crippen MR) is 71.6 cm³/mol. The molecule has 4 unspecified atom stereocenters. The highest BCUT2D eigenvalue weighted by molar-refractivity contribution is 5.95. The fourth-order valence-electron chi connectivity index (χ4n) is 4.44. The van der Waals surface area contributed by atoms with Crippen LogP contribution in [0.3, 0.4) is 0 Å². The normalized spacial score (nSPS) is 38.0. The van der Waals surface area contributed by atoms with E-state index in [0.717, 1.165) is 23.7 Å². The molecule has 0 aromatic heterocycles. The number of anilines is 1. The van der Waals surface area contributed by atoms with Crippen LogP contribution in [0.25, 0.3) is 0 Å². The molecule has 2 bridgehead atoms. The number of fused-ring (bicyclic) bond motifs is 5. The zero-order valence-corrected chi connectivity index (χ0v) is 10.7. The molecule has 3 aliphatic carbocycles. The lowest BCUT2D eigenvalue weighted by Gasteiger charge is -2.11. The van der Waals surface area contributed by atoms with E-state index >= 15 is 0 Å². The highest BCUT2D eigenvalue weighted by atomic mass is 16.3. The Balaban J connectivity index is 1.46. The second-order valence-corrected chi connectivity index (χ2v) is 6.26. The van der Waals surface area contributed by atoms with E-state index in [1.165, 1.54) is 25.3 Å². The molecule has 1 aromatic carbocycles. The Bertz CT molecular complexity index is 541. The molecule has 19 heavy (non-hydrogen) atoms. The van der Waals surface area contributed by atoms with Gasteiger partial charge in [0.1, 0.15) is 5.75 Å². The van der Waals surface area contributed by atoms with Crippen molar-refractivity contribution in [3.8, 4) is 5.75 Å². The second-order valence-electron chi connectivity index (χ2n) is 6.26. The van der Waals surface area contributed by atoms with E-state index in [1.54, 1.807) is 12.1 Å². The van der Waals surface area contributed by atoms with Crippen molar-refractivity contribution in [2.45, 2.75) is 25.3 Å². The largest absolute Gasteiger partial charge is 0.506 e. The first kappa shape index (κ1) is 11.1. The van der Waals surface area contributed by atoms with Gasteiger partial charge in [0, 0.05) is 11.6 Å². The van der Waals surface area contributed by atoms with Gasteiger partial charge in [-0.1, -0.05) is 0 Å². The SMILES string of the molecule is Nc1ccc(C(=O)NC2C3C4CCC(C4)C23)cc1O. The molecule has 4 rings (SSSR count). The zero-order valence-electron chi connectivity index (χ0n) is 10.7. The van der Waals surface area contributed by atoms with Crippen LogP contribution < -0.4 is 11.1 Å². The molecule has 0 heterocycles. The number of carbonyl (C=O) groups excluding carboxylic acids is 1. The van der Waals surface area contributed by atoms with Gasteiger partial charge in [-0.15, -0.1) is 0 Å². The number of nitrogens with one attached hydrogen (secondary N) is 1. The minimum absolute atomic E-state index is 0.0243. The molecular weight excluding hydrogens is 240 g/mol. The molecule has 1 aromatic rings. The molecule has 0 spiro atoms. The number of aromatic hydroxyl groups is 1. The minimum Gasteiger partial charge on any atom is -0.506 e. The van der Waals surface area contributed by atoms with Gasteiger partial charge in [0.05, 0.1) is 5.69 Å². The molecule has 3 aliphatic rings. The summed E-state index contributed by atoms with van der Waals surface area (Å²) >= 11 is 0. The Labute approximate surface area is 112 Å². The number of carbonyl (C=O) groups is 1. The molecule has 0 radical (unpaired) electrons. The third kappa shape index (κ3) is 1.55. The number of amides is 1. The van der Waals surface area contributed by atoms with Gasteiger partial charge < -0.3 is 16.2 Å². The maximum absolute atomic E-state index is 12.2. The molecular formula is C15H18N2O2. The van der Waals surface area contributed by atoms with Gasteiger partial charge in [0.15, 0.2) is 0 Å². The van der Waals surface area contributed by atoms with E-state index in [9.17, 15) is 9.90 Å². The average molecular weight is 258 g/mol. The third-order valence-corrected chi connectivity index (χ3v) is 5.33. The number of hydrogen-bond acceptors (Lipinski definition) is 3. The first-order valence-corrected chi connectivity index (χ1v) is 7.04. The summed E-state index contributed by atoms with van der Waals surface area (Å²) in [4.78, 5) is 12.2. The van der Waals surface area contributed by atoms with Crippen LogP contribution in [0.1, 0.15) is 29.6 Å². The summed E-state index contributed by atoms with van der Waals surface area (Å²) in [6.45, 7) is 0. The Kier molecular flexibility index (Phi) is 2.14.